The van der Waals surface area contributed by atoms with Gasteiger partial charge in [-0.3, -0.25) is 4.99 Å². The Bertz CT molecular complexity index is 520. The van der Waals surface area contributed by atoms with Crippen LogP contribution in [0.15, 0.2) is 4.99 Å². The van der Waals surface area contributed by atoms with E-state index in [4.69, 9.17) is 0 Å². The zero-order valence-corrected chi connectivity index (χ0v) is 15.8. The Morgan fingerprint density at radius 1 is 1.17 bits per heavy atom. The van der Waals surface area contributed by atoms with Gasteiger partial charge in [-0.05, 0) is 32.1 Å². The lowest BCUT2D eigenvalue weighted by molar-refractivity contribution is 0.490. The van der Waals surface area contributed by atoms with Crippen LogP contribution in [0.1, 0.15) is 70.9 Å². The summed E-state index contributed by atoms with van der Waals surface area (Å²) in [6, 6.07) is 0.422. The lowest BCUT2D eigenvalue weighted by atomic mass is 10.0. The summed E-state index contributed by atoms with van der Waals surface area (Å²) in [6.07, 6.45) is 8.48. The van der Waals surface area contributed by atoms with Gasteiger partial charge in [0.05, 0.1) is 6.54 Å². The molecule has 0 radical (unpaired) electrons. The molecule has 0 bridgehead atoms. The van der Waals surface area contributed by atoms with Crippen LogP contribution < -0.4 is 10.6 Å². The summed E-state index contributed by atoms with van der Waals surface area (Å²) in [5.41, 5.74) is 0. The van der Waals surface area contributed by atoms with Crippen molar-refractivity contribution in [3.05, 3.63) is 11.6 Å². The van der Waals surface area contributed by atoms with Crippen LogP contribution in [-0.4, -0.2) is 33.8 Å². The Morgan fingerprint density at radius 3 is 2.75 bits per heavy atom. The zero-order valence-electron chi connectivity index (χ0n) is 15.8. The van der Waals surface area contributed by atoms with Crippen LogP contribution in [0.25, 0.3) is 0 Å². The average Bonchev–Trinajstić information content (AvgIpc) is 2.78. The van der Waals surface area contributed by atoms with E-state index in [-0.39, 0.29) is 0 Å². The molecule has 0 aliphatic carbocycles. The minimum Gasteiger partial charge on any atom is -0.354 e. The maximum atomic E-state index is 4.36. The molecule has 136 valence electrons. The second-order valence-corrected chi connectivity index (χ2v) is 7.29. The molecule has 1 aliphatic heterocycles. The third kappa shape index (κ3) is 5.80. The van der Waals surface area contributed by atoms with E-state index in [1.165, 1.54) is 38.5 Å². The van der Waals surface area contributed by atoms with Gasteiger partial charge in [0.1, 0.15) is 5.82 Å². The minimum absolute atomic E-state index is 0.422. The van der Waals surface area contributed by atoms with Crippen molar-refractivity contribution >= 4 is 5.96 Å². The maximum absolute atomic E-state index is 4.36. The highest BCUT2D eigenvalue weighted by Crippen LogP contribution is 2.14. The van der Waals surface area contributed by atoms with E-state index in [1.54, 1.807) is 0 Å². The van der Waals surface area contributed by atoms with E-state index in [0.29, 0.717) is 12.6 Å². The Labute approximate surface area is 146 Å². The molecular formula is C18H34N6. The molecule has 1 aromatic rings. The summed E-state index contributed by atoms with van der Waals surface area (Å²) in [4.78, 5) is 4.34. The van der Waals surface area contributed by atoms with Gasteiger partial charge in [-0.1, -0.05) is 33.1 Å². The van der Waals surface area contributed by atoms with Gasteiger partial charge in [0.2, 0.25) is 0 Å². The number of hydrogen-bond acceptors (Lipinski definition) is 3. The third-order valence-electron chi connectivity index (χ3n) is 4.63. The van der Waals surface area contributed by atoms with Gasteiger partial charge in [-0.25, -0.2) is 0 Å². The minimum atomic E-state index is 0.422. The number of rotatable bonds is 7. The van der Waals surface area contributed by atoms with Crippen LogP contribution in [0.3, 0.4) is 0 Å². The first-order chi connectivity index (χ1) is 11.6. The second-order valence-electron chi connectivity index (χ2n) is 7.29. The molecule has 0 saturated heterocycles. The lowest BCUT2D eigenvalue weighted by Gasteiger charge is -2.18. The van der Waals surface area contributed by atoms with E-state index in [2.05, 4.69) is 51.2 Å². The zero-order chi connectivity index (χ0) is 17.4. The number of guanidine groups is 1. The third-order valence-corrected chi connectivity index (χ3v) is 4.63. The van der Waals surface area contributed by atoms with Crippen molar-refractivity contribution in [2.45, 2.75) is 84.8 Å². The Hall–Kier alpha value is -1.59. The van der Waals surface area contributed by atoms with Crippen LogP contribution in [0, 0.1) is 5.92 Å². The summed E-state index contributed by atoms with van der Waals surface area (Å²) in [6.45, 7) is 8.48. The number of nitrogens with zero attached hydrogens (tertiary/aromatic N) is 4. The second kappa shape index (κ2) is 9.64. The molecule has 1 atom stereocenters. The van der Waals surface area contributed by atoms with Gasteiger partial charge in [0.25, 0.3) is 0 Å². The van der Waals surface area contributed by atoms with Crippen molar-refractivity contribution in [3.8, 4) is 0 Å². The van der Waals surface area contributed by atoms with Gasteiger partial charge >= 0.3 is 0 Å². The number of aromatic nitrogens is 3. The predicted octanol–water partition coefficient (Wildman–Crippen LogP) is 2.88. The first kappa shape index (κ1) is 18.7. The molecule has 24 heavy (non-hydrogen) atoms. The van der Waals surface area contributed by atoms with Crippen LogP contribution >= 0.6 is 0 Å². The molecule has 1 unspecified atom stereocenters. The molecule has 1 aliphatic rings. The standard InChI is InChI=1S/C18H34N6/c1-14(2)9-8-10-15(3)21-18(19-4)20-13-17-23-22-16-11-6-5-7-12-24(16)17/h14-15H,5-13H2,1-4H3,(H2,19,20,21). The van der Waals surface area contributed by atoms with E-state index in [1.807, 2.05) is 7.05 Å². The summed E-state index contributed by atoms with van der Waals surface area (Å²) in [7, 11) is 1.82. The van der Waals surface area contributed by atoms with Gasteiger partial charge in [-0.15, -0.1) is 10.2 Å². The molecule has 2 rings (SSSR count). The van der Waals surface area contributed by atoms with Gasteiger partial charge in [-0.2, -0.15) is 0 Å². The summed E-state index contributed by atoms with van der Waals surface area (Å²) >= 11 is 0. The van der Waals surface area contributed by atoms with Gasteiger partial charge < -0.3 is 15.2 Å². The molecule has 0 aromatic carbocycles. The molecule has 0 fully saturated rings. The monoisotopic (exact) mass is 334 g/mol. The highest BCUT2D eigenvalue weighted by Gasteiger charge is 2.15. The van der Waals surface area contributed by atoms with Gasteiger partial charge in [0.15, 0.2) is 11.8 Å². The maximum Gasteiger partial charge on any atom is 0.191 e. The van der Waals surface area contributed by atoms with Crippen molar-refractivity contribution in [1.29, 1.82) is 0 Å². The first-order valence-corrected chi connectivity index (χ1v) is 9.48. The molecule has 6 heteroatoms. The van der Waals surface area contributed by atoms with E-state index >= 15 is 0 Å². The highest BCUT2D eigenvalue weighted by atomic mass is 15.3. The fraction of sp³-hybridized carbons (Fsp3) is 0.833. The first-order valence-electron chi connectivity index (χ1n) is 9.48. The average molecular weight is 335 g/mol. The molecule has 2 N–H and O–H groups in total. The van der Waals surface area contributed by atoms with Crippen LogP contribution in [0.5, 0.6) is 0 Å². The molecule has 6 nitrogen and oxygen atoms in total. The van der Waals surface area contributed by atoms with Crippen LogP contribution in [0.4, 0.5) is 0 Å². The van der Waals surface area contributed by atoms with Crippen LogP contribution in [-0.2, 0) is 19.5 Å². The SMILES string of the molecule is CN=C(NCc1nnc2n1CCCCC2)NC(C)CCCC(C)C. The van der Waals surface area contributed by atoms with Crippen LogP contribution in [0.2, 0.25) is 0 Å². The molecule has 1 aromatic heterocycles. The normalized spacial score (nSPS) is 16.6. The number of fused-ring (bicyclic) bond motifs is 1. The largest absolute Gasteiger partial charge is 0.354 e. The molecular weight excluding hydrogens is 300 g/mol. The van der Waals surface area contributed by atoms with Crippen molar-refractivity contribution < 1.29 is 0 Å². The summed E-state index contributed by atoms with van der Waals surface area (Å²) in [5.74, 6) is 3.77. The fourth-order valence-corrected chi connectivity index (χ4v) is 3.17. The smallest absolute Gasteiger partial charge is 0.191 e. The Kier molecular flexibility index (Phi) is 7.53. The van der Waals surface area contributed by atoms with Crippen molar-refractivity contribution in [2.75, 3.05) is 7.05 Å². The lowest BCUT2D eigenvalue weighted by Crippen LogP contribution is -2.42. The quantitative estimate of drug-likeness (QED) is 0.594. The fourth-order valence-electron chi connectivity index (χ4n) is 3.17. The number of hydrogen-bond donors (Lipinski definition) is 2. The summed E-state index contributed by atoms with van der Waals surface area (Å²) in [5, 5.41) is 15.6. The van der Waals surface area contributed by atoms with Crippen molar-refractivity contribution in [3.63, 3.8) is 0 Å². The summed E-state index contributed by atoms with van der Waals surface area (Å²) < 4.78 is 2.28. The van der Waals surface area contributed by atoms with E-state index < -0.39 is 0 Å². The van der Waals surface area contributed by atoms with E-state index in [0.717, 1.165) is 36.5 Å². The van der Waals surface area contributed by atoms with Crippen molar-refractivity contribution in [1.82, 2.24) is 25.4 Å². The number of nitrogens with one attached hydrogen (secondary N) is 2. The molecule has 2 heterocycles. The molecule has 0 amide bonds. The number of aryl methyl sites for hydroxylation is 1. The highest BCUT2D eigenvalue weighted by molar-refractivity contribution is 5.79. The van der Waals surface area contributed by atoms with Gasteiger partial charge in [0, 0.05) is 26.1 Å². The molecule has 0 saturated carbocycles. The number of aliphatic imine (C=N–C) groups is 1. The predicted molar refractivity (Wildman–Crippen MR) is 99.1 cm³/mol. The van der Waals surface area contributed by atoms with E-state index in [9.17, 15) is 0 Å². The Morgan fingerprint density at radius 2 is 2.00 bits per heavy atom. The molecule has 0 spiro atoms. The van der Waals surface area contributed by atoms with Crippen molar-refractivity contribution in [2.24, 2.45) is 10.9 Å². The topological polar surface area (TPSA) is 67.1 Å². The Balaban J connectivity index is 1.80.